The fourth-order valence-electron chi connectivity index (χ4n) is 2.10. The maximum absolute atomic E-state index is 6.15. The SMILES string of the molecule is COCc1ccc(CNCCc2ccc(Cl)cc2Cl)cc1. The Morgan fingerprint density at radius 1 is 1.00 bits per heavy atom. The van der Waals surface area contributed by atoms with Crippen molar-refractivity contribution in [2.45, 2.75) is 19.6 Å². The molecule has 0 amide bonds. The van der Waals surface area contributed by atoms with Crippen LogP contribution in [0.5, 0.6) is 0 Å². The Morgan fingerprint density at radius 2 is 1.71 bits per heavy atom. The molecule has 4 heteroatoms. The van der Waals surface area contributed by atoms with E-state index in [-0.39, 0.29) is 0 Å². The van der Waals surface area contributed by atoms with E-state index < -0.39 is 0 Å². The molecule has 1 N–H and O–H groups in total. The van der Waals surface area contributed by atoms with E-state index in [0.29, 0.717) is 11.6 Å². The second kappa shape index (κ2) is 8.40. The van der Waals surface area contributed by atoms with Gasteiger partial charge in [0.05, 0.1) is 6.61 Å². The molecule has 0 bridgehead atoms. The van der Waals surface area contributed by atoms with Crippen molar-refractivity contribution in [3.05, 3.63) is 69.2 Å². The van der Waals surface area contributed by atoms with Gasteiger partial charge in [-0.15, -0.1) is 0 Å². The minimum absolute atomic E-state index is 0.656. The van der Waals surface area contributed by atoms with Crippen molar-refractivity contribution < 1.29 is 4.74 Å². The molecule has 2 rings (SSSR count). The fraction of sp³-hybridized carbons (Fsp3) is 0.294. The minimum Gasteiger partial charge on any atom is -0.380 e. The molecule has 0 aliphatic rings. The maximum atomic E-state index is 6.15. The second-order valence-corrected chi connectivity index (χ2v) is 5.76. The number of ether oxygens (including phenoxy) is 1. The van der Waals surface area contributed by atoms with Crippen LogP contribution in [0.2, 0.25) is 10.0 Å². The van der Waals surface area contributed by atoms with Gasteiger partial charge in [0.25, 0.3) is 0 Å². The largest absolute Gasteiger partial charge is 0.380 e. The lowest BCUT2D eigenvalue weighted by Crippen LogP contribution is -2.16. The summed E-state index contributed by atoms with van der Waals surface area (Å²) in [6.45, 7) is 2.38. The van der Waals surface area contributed by atoms with Crippen LogP contribution < -0.4 is 5.32 Å². The predicted octanol–water partition coefficient (Wildman–Crippen LogP) is 4.47. The summed E-state index contributed by atoms with van der Waals surface area (Å²) in [5.41, 5.74) is 3.57. The van der Waals surface area contributed by atoms with Crippen LogP contribution in [0.3, 0.4) is 0 Å². The summed E-state index contributed by atoms with van der Waals surface area (Å²) in [6.07, 6.45) is 0.887. The van der Waals surface area contributed by atoms with E-state index in [1.807, 2.05) is 12.1 Å². The Kier molecular flexibility index (Phi) is 6.52. The molecule has 0 unspecified atom stereocenters. The Hall–Kier alpha value is -1.06. The molecule has 0 spiro atoms. The van der Waals surface area contributed by atoms with Crippen molar-refractivity contribution in [1.29, 1.82) is 0 Å². The molecule has 0 atom stereocenters. The Morgan fingerprint density at radius 3 is 2.38 bits per heavy atom. The molecule has 0 aliphatic carbocycles. The van der Waals surface area contributed by atoms with Crippen LogP contribution in [-0.4, -0.2) is 13.7 Å². The Labute approximate surface area is 136 Å². The predicted molar refractivity (Wildman–Crippen MR) is 89.0 cm³/mol. The van der Waals surface area contributed by atoms with Gasteiger partial charge in [-0.1, -0.05) is 53.5 Å². The average molecular weight is 324 g/mol. The third kappa shape index (κ3) is 5.33. The molecule has 2 aromatic rings. The monoisotopic (exact) mass is 323 g/mol. The number of benzene rings is 2. The molecule has 0 heterocycles. The highest BCUT2D eigenvalue weighted by molar-refractivity contribution is 6.35. The maximum Gasteiger partial charge on any atom is 0.0713 e. The number of nitrogens with one attached hydrogen (secondary N) is 1. The zero-order chi connectivity index (χ0) is 15.1. The zero-order valence-corrected chi connectivity index (χ0v) is 13.5. The van der Waals surface area contributed by atoms with Gasteiger partial charge >= 0.3 is 0 Å². The summed E-state index contributed by atoms with van der Waals surface area (Å²) in [7, 11) is 1.71. The van der Waals surface area contributed by atoms with E-state index >= 15 is 0 Å². The van der Waals surface area contributed by atoms with Crippen LogP contribution in [0.4, 0.5) is 0 Å². The van der Waals surface area contributed by atoms with E-state index in [1.54, 1.807) is 13.2 Å². The normalized spacial score (nSPS) is 10.8. The molecule has 0 aromatic heterocycles. The molecule has 2 aromatic carbocycles. The molecular weight excluding hydrogens is 305 g/mol. The number of hydrogen-bond donors (Lipinski definition) is 1. The van der Waals surface area contributed by atoms with Gasteiger partial charge in [0, 0.05) is 23.7 Å². The van der Waals surface area contributed by atoms with Gasteiger partial charge in [-0.3, -0.25) is 0 Å². The lowest BCUT2D eigenvalue weighted by molar-refractivity contribution is 0.185. The summed E-state index contributed by atoms with van der Waals surface area (Å²) in [5, 5.41) is 4.82. The molecule has 2 nitrogen and oxygen atoms in total. The van der Waals surface area contributed by atoms with Crippen molar-refractivity contribution in [3.8, 4) is 0 Å². The summed E-state index contributed by atoms with van der Waals surface area (Å²) >= 11 is 12.0. The van der Waals surface area contributed by atoms with Crippen LogP contribution in [0.15, 0.2) is 42.5 Å². The van der Waals surface area contributed by atoms with Crippen LogP contribution >= 0.6 is 23.2 Å². The first-order valence-corrected chi connectivity index (χ1v) is 7.66. The summed E-state index contributed by atoms with van der Waals surface area (Å²) in [5.74, 6) is 0. The highest BCUT2D eigenvalue weighted by Gasteiger charge is 2.01. The van der Waals surface area contributed by atoms with Crippen LogP contribution in [-0.2, 0) is 24.3 Å². The third-order valence-electron chi connectivity index (χ3n) is 3.25. The Bertz CT molecular complexity index is 570. The van der Waals surface area contributed by atoms with Crippen LogP contribution in [0.1, 0.15) is 16.7 Å². The van der Waals surface area contributed by atoms with Gasteiger partial charge in [0.1, 0.15) is 0 Å². The number of rotatable bonds is 7. The highest BCUT2D eigenvalue weighted by atomic mass is 35.5. The van der Waals surface area contributed by atoms with Crippen molar-refractivity contribution in [2.75, 3.05) is 13.7 Å². The number of methoxy groups -OCH3 is 1. The molecule has 0 saturated heterocycles. The van der Waals surface area contributed by atoms with E-state index in [2.05, 4.69) is 29.6 Å². The van der Waals surface area contributed by atoms with Gasteiger partial charge in [-0.2, -0.15) is 0 Å². The average Bonchev–Trinajstić information content (AvgIpc) is 2.47. The first-order valence-electron chi connectivity index (χ1n) is 6.90. The Balaban J connectivity index is 1.76. The van der Waals surface area contributed by atoms with E-state index in [4.69, 9.17) is 27.9 Å². The molecule has 0 fully saturated rings. The fourth-order valence-corrected chi connectivity index (χ4v) is 2.60. The van der Waals surface area contributed by atoms with E-state index in [9.17, 15) is 0 Å². The summed E-state index contributed by atoms with van der Waals surface area (Å²) < 4.78 is 5.10. The second-order valence-electron chi connectivity index (χ2n) is 4.91. The molecule has 112 valence electrons. The topological polar surface area (TPSA) is 21.3 Å². The van der Waals surface area contributed by atoms with Gasteiger partial charge < -0.3 is 10.1 Å². The van der Waals surface area contributed by atoms with Crippen molar-refractivity contribution in [1.82, 2.24) is 5.32 Å². The van der Waals surface area contributed by atoms with Crippen molar-refractivity contribution in [3.63, 3.8) is 0 Å². The zero-order valence-electron chi connectivity index (χ0n) is 12.0. The lowest BCUT2D eigenvalue weighted by Gasteiger charge is -2.08. The van der Waals surface area contributed by atoms with E-state index in [0.717, 1.165) is 30.1 Å². The minimum atomic E-state index is 0.656. The summed E-state index contributed by atoms with van der Waals surface area (Å²) in [6, 6.07) is 14.1. The smallest absolute Gasteiger partial charge is 0.0713 e. The standard InChI is InChI=1S/C17H19Cl2NO/c1-21-12-14-4-2-13(3-5-14)11-20-9-8-15-6-7-16(18)10-17(15)19/h2-7,10,20H,8-9,11-12H2,1H3. The molecule has 0 saturated carbocycles. The van der Waals surface area contributed by atoms with Gasteiger partial charge in [-0.05, 0) is 41.8 Å². The molecule has 0 aliphatic heterocycles. The number of hydrogen-bond acceptors (Lipinski definition) is 2. The number of halogens is 2. The van der Waals surface area contributed by atoms with Gasteiger partial charge in [0.2, 0.25) is 0 Å². The first kappa shape index (κ1) is 16.3. The molecular formula is C17H19Cl2NO. The summed E-state index contributed by atoms with van der Waals surface area (Å²) in [4.78, 5) is 0. The van der Waals surface area contributed by atoms with Gasteiger partial charge in [0.15, 0.2) is 0 Å². The van der Waals surface area contributed by atoms with Crippen molar-refractivity contribution >= 4 is 23.2 Å². The highest BCUT2D eigenvalue weighted by Crippen LogP contribution is 2.21. The first-order chi connectivity index (χ1) is 10.2. The van der Waals surface area contributed by atoms with Gasteiger partial charge in [-0.25, -0.2) is 0 Å². The molecule has 21 heavy (non-hydrogen) atoms. The van der Waals surface area contributed by atoms with E-state index in [1.165, 1.54) is 11.1 Å². The van der Waals surface area contributed by atoms with Crippen LogP contribution in [0, 0.1) is 0 Å². The van der Waals surface area contributed by atoms with Crippen LogP contribution in [0.25, 0.3) is 0 Å². The lowest BCUT2D eigenvalue weighted by atomic mass is 10.1. The van der Waals surface area contributed by atoms with Crippen molar-refractivity contribution in [2.24, 2.45) is 0 Å². The quantitative estimate of drug-likeness (QED) is 0.759. The third-order valence-corrected chi connectivity index (χ3v) is 3.84. The molecule has 0 radical (unpaired) electrons.